The molecule has 0 saturated carbocycles. The van der Waals surface area contributed by atoms with Gasteiger partial charge in [-0.25, -0.2) is 4.98 Å². The van der Waals surface area contributed by atoms with Gasteiger partial charge in [-0.2, -0.15) is 0 Å². The van der Waals surface area contributed by atoms with Crippen molar-refractivity contribution in [3.63, 3.8) is 0 Å². The van der Waals surface area contributed by atoms with Gasteiger partial charge >= 0.3 is 0 Å². The van der Waals surface area contributed by atoms with Crippen LogP contribution in [-0.4, -0.2) is 9.38 Å². The molecule has 3 rings (SSSR count). The van der Waals surface area contributed by atoms with E-state index in [1.54, 1.807) is 0 Å². The third-order valence-electron chi connectivity index (χ3n) is 3.24. The van der Waals surface area contributed by atoms with Crippen LogP contribution in [0.25, 0.3) is 17.1 Å². The monoisotopic (exact) mass is 319 g/mol. The number of rotatable bonds is 2. The predicted molar refractivity (Wildman–Crippen MR) is 79.1 cm³/mol. The molecular weight excluding hydrogens is 306 g/mol. The van der Waals surface area contributed by atoms with E-state index in [0.717, 1.165) is 28.0 Å². The van der Waals surface area contributed by atoms with Gasteiger partial charge in [0.25, 0.3) is 0 Å². The molecule has 4 nitrogen and oxygen atoms in total. The number of nitrogens with zero attached hydrogens (tertiary/aromatic N) is 2. The Balaban J connectivity index is 2.25. The first-order valence-corrected chi connectivity index (χ1v) is 6.93. The molecule has 0 radical (unpaired) electrons. The molecule has 0 spiro atoms. The van der Waals surface area contributed by atoms with Gasteiger partial charge in [-0.15, -0.1) is 0 Å². The Morgan fingerprint density at radius 3 is 2.79 bits per heavy atom. The highest BCUT2D eigenvalue weighted by Crippen LogP contribution is 2.30. The Kier molecular flexibility index (Phi) is 2.86. The summed E-state index contributed by atoms with van der Waals surface area (Å²) in [6, 6.07) is 7.78. The first-order chi connectivity index (χ1) is 9.11. The third-order valence-corrected chi connectivity index (χ3v) is 4.08. The smallest absolute Gasteiger partial charge is 0.156 e. The predicted octanol–water partition coefficient (Wildman–Crippen LogP) is 3.81. The van der Waals surface area contributed by atoms with Gasteiger partial charge in [0, 0.05) is 16.6 Å². The number of furan rings is 1. The Morgan fingerprint density at radius 2 is 2.11 bits per heavy atom. The van der Waals surface area contributed by atoms with Crippen LogP contribution < -0.4 is 5.73 Å². The number of fused-ring (bicyclic) bond motifs is 1. The zero-order valence-corrected chi connectivity index (χ0v) is 12.4. The molecule has 0 aliphatic heterocycles. The van der Waals surface area contributed by atoms with Gasteiger partial charge in [0.05, 0.1) is 0 Å². The fourth-order valence-electron chi connectivity index (χ4n) is 2.17. The Hall–Kier alpha value is -1.75. The number of aromatic nitrogens is 2. The molecule has 0 fully saturated rings. The fraction of sp³-hybridized carbons (Fsp3) is 0.214. The molecule has 3 aromatic rings. The lowest BCUT2D eigenvalue weighted by molar-refractivity contribution is 0.528. The molecule has 0 amide bonds. The molecular formula is C14H14BrN3O. The molecule has 3 aromatic heterocycles. The number of nitrogens with two attached hydrogens (primary N) is 1. The summed E-state index contributed by atoms with van der Waals surface area (Å²) < 4.78 is 8.66. The van der Waals surface area contributed by atoms with Crippen LogP contribution in [0.5, 0.6) is 0 Å². The molecule has 0 atom stereocenters. The SMILES string of the molecule is CCc1ccc(-c2nc3ccc(Br)c(C)n3c2N)o1. The minimum absolute atomic E-state index is 0.603. The Bertz CT molecular complexity index is 757. The minimum Gasteiger partial charge on any atom is -0.459 e. The average Bonchev–Trinajstić information content (AvgIpc) is 2.99. The lowest BCUT2D eigenvalue weighted by Crippen LogP contribution is -1.98. The van der Waals surface area contributed by atoms with E-state index in [1.165, 1.54) is 0 Å². The van der Waals surface area contributed by atoms with Crippen LogP contribution in [0, 0.1) is 6.92 Å². The largest absolute Gasteiger partial charge is 0.459 e. The second-order valence-electron chi connectivity index (χ2n) is 4.43. The normalized spacial score (nSPS) is 11.3. The van der Waals surface area contributed by atoms with Crippen LogP contribution in [0.15, 0.2) is 33.2 Å². The highest BCUT2D eigenvalue weighted by atomic mass is 79.9. The van der Waals surface area contributed by atoms with Crippen molar-refractivity contribution < 1.29 is 4.42 Å². The number of aryl methyl sites for hydroxylation is 2. The number of pyridine rings is 1. The van der Waals surface area contributed by atoms with Gasteiger partial charge in [-0.3, -0.25) is 4.40 Å². The van der Waals surface area contributed by atoms with E-state index in [-0.39, 0.29) is 0 Å². The number of halogens is 1. The van der Waals surface area contributed by atoms with Gasteiger partial charge in [-0.1, -0.05) is 6.92 Å². The van der Waals surface area contributed by atoms with E-state index in [4.69, 9.17) is 10.2 Å². The second kappa shape index (κ2) is 4.42. The summed E-state index contributed by atoms with van der Waals surface area (Å²) in [4.78, 5) is 4.56. The van der Waals surface area contributed by atoms with Crippen molar-refractivity contribution in [3.05, 3.63) is 40.2 Å². The minimum atomic E-state index is 0.603. The van der Waals surface area contributed by atoms with E-state index >= 15 is 0 Å². The molecule has 0 aliphatic carbocycles. The molecule has 0 aromatic carbocycles. The van der Waals surface area contributed by atoms with Crippen LogP contribution >= 0.6 is 15.9 Å². The zero-order chi connectivity index (χ0) is 13.6. The van der Waals surface area contributed by atoms with Gasteiger partial charge < -0.3 is 10.2 Å². The van der Waals surface area contributed by atoms with Crippen LogP contribution in [0.1, 0.15) is 18.4 Å². The second-order valence-corrected chi connectivity index (χ2v) is 5.28. The first kappa shape index (κ1) is 12.3. The third kappa shape index (κ3) is 1.85. The van der Waals surface area contributed by atoms with Crippen LogP contribution in [0.2, 0.25) is 0 Å². The van der Waals surface area contributed by atoms with Crippen molar-refractivity contribution in [2.24, 2.45) is 0 Å². The maximum absolute atomic E-state index is 6.21. The maximum Gasteiger partial charge on any atom is 0.156 e. The van der Waals surface area contributed by atoms with Crippen molar-refractivity contribution >= 4 is 27.4 Å². The summed E-state index contributed by atoms with van der Waals surface area (Å²) in [6.45, 7) is 4.05. The zero-order valence-electron chi connectivity index (χ0n) is 10.8. The summed E-state index contributed by atoms with van der Waals surface area (Å²) in [5, 5.41) is 0. The van der Waals surface area contributed by atoms with Gasteiger partial charge in [0.15, 0.2) is 5.76 Å². The van der Waals surface area contributed by atoms with Gasteiger partial charge in [0.1, 0.15) is 22.9 Å². The number of hydrogen-bond donors (Lipinski definition) is 1. The van der Waals surface area contributed by atoms with Gasteiger partial charge in [0.2, 0.25) is 0 Å². The summed E-state index contributed by atoms with van der Waals surface area (Å²) >= 11 is 3.50. The lowest BCUT2D eigenvalue weighted by atomic mass is 10.3. The highest BCUT2D eigenvalue weighted by Gasteiger charge is 2.16. The fourth-order valence-corrected chi connectivity index (χ4v) is 2.48. The highest BCUT2D eigenvalue weighted by molar-refractivity contribution is 9.10. The summed E-state index contributed by atoms with van der Waals surface area (Å²) in [6.07, 6.45) is 0.859. The quantitative estimate of drug-likeness (QED) is 0.781. The summed E-state index contributed by atoms with van der Waals surface area (Å²) in [5.74, 6) is 2.25. The Morgan fingerprint density at radius 1 is 1.32 bits per heavy atom. The van der Waals surface area contributed by atoms with Crippen LogP contribution in [0.4, 0.5) is 5.82 Å². The molecule has 5 heteroatoms. The van der Waals surface area contributed by atoms with E-state index in [9.17, 15) is 0 Å². The van der Waals surface area contributed by atoms with Crippen molar-refractivity contribution in [1.82, 2.24) is 9.38 Å². The number of hydrogen-bond acceptors (Lipinski definition) is 3. The molecule has 2 N–H and O–H groups in total. The molecule has 0 unspecified atom stereocenters. The molecule has 19 heavy (non-hydrogen) atoms. The van der Waals surface area contributed by atoms with Crippen LogP contribution in [0.3, 0.4) is 0 Å². The molecule has 98 valence electrons. The van der Waals surface area contributed by atoms with Crippen molar-refractivity contribution in [3.8, 4) is 11.5 Å². The van der Waals surface area contributed by atoms with Crippen LogP contribution in [-0.2, 0) is 6.42 Å². The number of anilines is 1. The van der Waals surface area contributed by atoms with E-state index in [2.05, 4.69) is 27.8 Å². The summed E-state index contributed by atoms with van der Waals surface area (Å²) in [5.41, 5.74) is 8.75. The molecule has 0 bridgehead atoms. The van der Waals surface area contributed by atoms with Gasteiger partial charge in [-0.05, 0) is 47.1 Å². The summed E-state index contributed by atoms with van der Waals surface area (Å²) in [7, 11) is 0. The maximum atomic E-state index is 6.21. The van der Waals surface area contributed by atoms with Crippen molar-refractivity contribution in [1.29, 1.82) is 0 Å². The van der Waals surface area contributed by atoms with E-state index in [1.807, 2.05) is 35.6 Å². The lowest BCUT2D eigenvalue weighted by Gasteiger charge is -2.03. The molecule has 3 heterocycles. The molecule has 0 aliphatic rings. The topological polar surface area (TPSA) is 56.5 Å². The number of imidazole rings is 1. The Labute approximate surface area is 119 Å². The molecule has 0 saturated heterocycles. The first-order valence-electron chi connectivity index (χ1n) is 6.14. The standard InChI is InChI=1S/C14H14BrN3O/c1-3-9-4-6-11(19-9)13-14(16)18-8(2)10(15)5-7-12(18)17-13/h4-7H,3,16H2,1-2H3. The van der Waals surface area contributed by atoms with Crippen molar-refractivity contribution in [2.75, 3.05) is 5.73 Å². The van der Waals surface area contributed by atoms with E-state index < -0.39 is 0 Å². The number of nitrogen functional groups attached to an aromatic ring is 1. The van der Waals surface area contributed by atoms with Crippen molar-refractivity contribution in [2.45, 2.75) is 20.3 Å². The van der Waals surface area contributed by atoms with E-state index in [0.29, 0.717) is 17.3 Å². The average molecular weight is 320 g/mol.